The van der Waals surface area contributed by atoms with Crippen molar-refractivity contribution in [1.82, 2.24) is 0 Å². The number of hydrogen-bond acceptors (Lipinski definition) is 1. The topological polar surface area (TPSA) is 9.23 Å². The maximum atomic E-state index is 5.84. The van der Waals surface area contributed by atoms with Crippen molar-refractivity contribution in [1.29, 1.82) is 0 Å². The van der Waals surface area contributed by atoms with Crippen molar-refractivity contribution in [3.63, 3.8) is 0 Å². The van der Waals surface area contributed by atoms with E-state index in [1.54, 1.807) is 0 Å². The molecular formula is C7H13BO. The van der Waals surface area contributed by atoms with Crippen LogP contribution in [0.5, 0.6) is 0 Å². The molecule has 0 aromatic carbocycles. The minimum atomic E-state index is -0.280. The van der Waals surface area contributed by atoms with Gasteiger partial charge in [0.15, 0.2) is 0 Å². The highest BCUT2D eigenvalue weighted by atomic mass is 16.5. The van der Waals surface area contributed by atoms with Gasteiger partial charge in [-0.15, -0.1) is 0 Å². The van der Waals surface area contributed by atoms with E-state index in [2.05, 4.69) is 6.92 Å². The summed E-state index contributed by atoms with van der Waals surface area (Å²) < 4.78 is 5.39. The number of hydrogen-bond donors (Lipinski definition) is 0. The summed E-state index contributed by atoms with van der Waals surface area (Å²) >= 11 is 0. The Balaban J connectivity index is 2.37. The SMILES string of the molecule is [B]C1(CC)CCCCO1. The van der Waals surface area contributed by atoms with E-state index >= 15 is 0 Å². The molecule has 0 aromatic heterocycles. The summed E-state index contributed by atoms with van der Waals surface area (Å²) in [4.78, 5) is 0. The van der Waals surface area contributed by atoms with Crippen LogP contribution in [0.2, 0.25) is 0 Å². The maximum Gasteiger partial charge on any atom is 0.113 e. The Hall–Kier alpha value is 0.0249. The molecule has 0 aliphatic carbocycles. The van der Waals surface area contributed by atoms with Crippen LogP contribution in [0.4, 0.5) is 0 Å². The molecule has 0 amide bonds. The Bertz CT molecular complexity index is 86.9. The van der Waals surface area contributed by atoms with Crippen molar-refractivity contribution in [2.24, 2.45) is 0 Å². The van der Waals surface area contributed by atoms with Crippen LogP contribution in [0, 0.1) is 0 Å². The van der Waals surface area contributed by atoms with Crippen LogP contribution in [0.1, 0.15) is 32.6 Å². The third-order valence-corrected chi connectivity index (χ3v) is 1.98. The molecule has 0 spiro atoms. The monoisotopic (exact) mass is 124 g/mol. The van der Waals surface area contributed by atoms with Crippen LogP contribution in [-0.2, 0) is 4.74 Å². The van der Waals surface area contributed by atoms with Gasteiger partial charge < -0.3 is 4.74 Å². The first-order valence-electron chi connectivity index (χ1n) is 3.70. The first-order valence-corrected chi connectivity index (χ1v) is 3.70. The molecule has 1 aliphatic heterocycles. The van der Waals surface area contributed by atoms with Crippen LogP contribution in [-0.4, -0.2) is 20.0 Å². The molecular weight excluding hydrogens is 111 g/mol. The smallest absolute Gasteiger partial charge is 0.113 e. The molecule has 0 saturated carbocycles. The molecule has 1 aliphatic rings. The van der Waals surface area contributed by atoms with Gasteiger partial charge in [0.25, 0.3) is 0 Å². The Morgan fingerprint density at radius 1 is 1.56 bits per heavy atom. The van der Waals surface area contributed by atoms with E-state index in [4.69, 9.17) is 12.6 Å². The van der Waals surface area contributed by atoms with Crippen molar-refractivity contribution in [2.45, 2.75) is 38.1 Å². The van der Waals surface area contributed by atoms with E-state index in [1.807, 2.05) is 0 Å². The zero-order valence-corrected chi connectivity index (χ0v) is 6.02. The van der Waals surface area contributed by atoms with Gasteiger partial charge in [0.05, 0.1) is 0 Å². The normalized spacial score (nSPS) is 36.6. The molecule has 1 unspecified atom stereocenters. The summed E-state index contributed by atoms with van der Waals surface area (Å²) in [5, 5.41) is 0. The van der Waals surface area contributed by atoms with E-state index in [9.17, 15) is 0 Å². The Morgan fingerprint density at radius 3 is 2.67 bits per heavy atom. The van der Waals surface area contributed by atoms with Gasteiger partial charge in [-0.1, -0.05) is 6.92 Å². The quantitative estimate of drug-likeness (QED) is 0.481. The first kappa shape index (κ1) is 7.14. The predicted molar refractivity (Wildman–Crippen MR) is 38.6 cm³/mol. The fourth-order valence-electron chi connectivity index (χ4n) is 1.15. The van der Waals surface area contributed by atoms with Crippen molar-refractivity contribution in [3.8, 4) is 0 Å². The van der Waals surface area contributed by atoms with Crippen molar-refractivity contribution in [2.75, 3.05) is 6.61 Å². The molecule has 1 heterocycles. The van der Waals surface area contributed by atoms with Gasteiger partial charge in [-0.25, -0.2) is 0 Å². The first-order chi connectivity index (χ1) is 4.27. The standard InChI is InChI=1S/C7H13BO/c1-2-7(8)5-3-4-6-9-7/h2-6H2,1H3. The second-order valence-corrected chi connectivity index (χ2v) is 2.72. The molecule has 9 heavy (non-hydrogen) atoms. The summed E-state index contributed by atoms with van der Waals surface area (Å²) in [6, 6.07) is 0. The van der Waals surface area contributed by atoms with E-state index in [1.165, 1.54) is 12.8 Å². The molecule has 0 N–H and O–H groups in total. The fourth-order valence-corrected chi connectivity index (χ4v) is 1.15. The van der Waals surface area contributed by atoms with Crippen LogP contribution >= 0.6 is 0 Å². The summed E-state index contributed by atoms with van der Waals surface area (Å²) in [6.07, 6.45) is 4.37. The Labute approximate surface area is 58.2 Å². The molecule has 1 nitrogen and oxygen atoms in total. The molecule has 0 bridgehead atoms. The maximum absolute atomic E-state index is 5.84. The van der Waals surface area contributed by atoms with Crippen LogP contribution < -0.4 is 0 Å². The summed E-state index contributed by atoms with van der Waals surface area (Å²) in [7, 11) is 5.84. The largest absolute Gasteiger partial charge is 0.385 e. The van der Waals surface area contributed by atoms with Gasteiger partial charge >= 0.3 is 0 Å². The fraction of sp³-hybridized carbons (Fsp3) is 1.00. The molecule has 1 atom stereocenters. The molecule has 2 heteroatoms. The minimum Gasteiger partial charge on any atom is -0.385 e. The van der Waals surface area contributed by atoms with Gasteiger partial charge in [0.1, 0.15) is 7.85 Å². The van der Waals surface area contributed by atoms with Gasteiger partial charge in [0.2, 0.25) is 0 Å². The van der Waals surface area contributed by atoms with E-state index in [0.717, 1.165) is 19.4 Å². The lowest BCUT2D eigenvalue weighted by molar-refractivity contribution is -0.0195. The second-order valence-electron chi connectivity index (χ2n) is 2.72. The predicted octanol–water partition coefficient (Wildman–Crippen LogP) is 1.46. The van der Waals surface area contributed by atoms with E-state index < -0.39 is 0 Å². The highest BCUT2D eigenvalue weighted by molar-refractivity contribution is 6.14. The van der Waals surface area contributed by atoms with E-state index in [-0.39, 0.29) is 5.50 Å². The molecule has 50 valence electrons. The van der Waals surface area contributed by atoms with Crippen LogP contribution in [0.15, 0.2) is 0 Å². The average Bonchev–Trinajstić information content (AvgIpc) is 1.90. The van der Waals surface area contributed by atoms with Gasteiger partial charge in [-0.2, -0.15) is 0 Å². The molecule has 0 aromatic rings. The van der Waals surface area contributed by atoms with E-state index in [0.29, 0.717) is 0 Å². The summed E-state index contributed by atoms with van der Waals surface area (Å²) in [5.74, 6) is 0. The highest BCUT2D eigenvalue weighted by Crippen LogP contribution is 2.23. The van der Waals surface area contributed by atoms with Gasteiger partial charge in [-0.3, -0.25) is 0 Å². The van der Waals surface area contributed by atoms with Crippen molar-refractivity contribution < 1.29 is 4.74 Å². The minimum absolute atomic E-state index is 0.280. The third kappa shape index (κ3) is 1.72. The zero-order valence-electron chi connectivity index (χ0n) is 6.02. The molecule has 1 saturated heterocycles. The number of rotatable bonds is 1. The van der Waals surface area contributed by atoms with Crippen LogP contribution in [0.25, 0.3) is 0 Å². The van der Waals surface area contributed by atoms with Crippen molar-refractivity contribution in [3.05, 3.63) is 0 Å². The molecule has 2 radical (unpaired) electrons. The average molecular weight is 124 g/mol. The second kappa shape index (κ2) is 2.74. The Kier molecular flexibility index (Phi) is 2.17. The summed E-state index contributed by atoms with van der Waals surface area (Å²) in [6.45, 7) is 2.93. The molecule has 1 rings (SSSR count). The molecule has 1 fully saturated rings. The summed E-state index contributed by atoms with van der Waals surface area (Å²) in [5.41, 5.74) is -0.280. The lowest BCUT2D eigenvalue weighted by atomic mass is 9.74. The zero-order chi connectivity index (χ0) is 6.74. The lowest BCUT2D eigenvalue weighted by Gasteiger charge is -2.33. The van der Waals surface area contributed by atoms with Gasteiger partial charge in [-0.05, 0) is 25.7 Å². The number of ether oxygens (including phenoxy) is 1. The third-order valence-electron chi connectivity index (χ3n) is 1.98. The highest BCUT2D eigenvalue weighted by Gasteiger charge is 2.24. The van der Waals surface area contributed by atoms with Gasteiger partial charge in [0, 0.05) is 12.1 Å². The lowest BCUT2D eigenvalue weighted by Crippen LogP contribution is -2.35. The van der Waals surface area contributed by atoms with Crippen LogP contribution in [0.3, 0.4) is 0 Å². The Morgan fingerprint density at radius 2 is 2.33 bits per heavy atom. The van der Waals surface area contributed by atoms with Crippen molar-refractivity contribution >= 4 is 7.85 Å².